The largest absolute Gasteiger partial charge is 0.213 e. The fraction of sp³-hybridized carbons (Fsp3) is 1.00. The van der Waals surface area contributed by atoms with Gasteiger partial charge >= 0.3 is 0 Å². The lowest BCUT2D eigenvalue weighted by Gasteiger charge is -2.24. The summed E-state index contributed by atoms with van der Waals surface area (Å²) in [4.78, 5) is 0. The molecule has 0 atom stereocenters. The molecule has 13 heavy (non-hydrogen) atoms. The summed E-state index contributed by atoms with van der Waals surface area (Å²) >= 11 is 0. The molecule has 78 valence electrons. The van der Waals surface area contributed by atoms with E-state index in [2.05, 4.69) is 0 Å². The average Bonchev–Trinajstić information content (AvgIpc) is 2.28. The maximum atomic E-state index is 11.3. The average molecular weight is 205 g/mol. The van der Waals surface area contributed by atoms with Crippen LogP contribution in [0.3, 0.4) is 0 Å². The normalized spacial score (nSPS) is 21.8. The van der Waals surface area contributed by atoms with Crippen molar-refractivity contribution < 1.29 is 8.42 Å². The second kappa shape index (κ2) is 4.42. The van der Waals surface area contributed by atoms with Crippen LogP contribution in [-0.2, 0) is 10.0 Å². The monoisotopic (exact) mass is 205 g/mol. The molecular weight excluding hydrogens is 186 g/mol. The van der Waals surface area contributed by atoms with Gasteiger partial charge < -0.3 is 0 Å². The molecule has 1 fully saturated rings. The van der Waals surface area contributed by atoms with E-state index in [4.69, 9.17) is 0 Å². The molecule has 0 aromatic carbocycles. The first-order chi connectivity index (χ1) is 6.02. The summed E-state index contributed by atoms with van der Waals surface area (Å²) in [5, 5.41) is 0. The Morgan fingerprint density at radius 3 is 1.92 bits per heavy atom. The second-order valence-corrected chi connectivity index (χ2v) is 5.97. The van der Waals surface area contributed by atoms with Gasteiger partial charge in [-0.05, 0) is 12.8 Å². The first-order valence-electron chi connectivity index (χ1n) is 4.95. The maximum Gasteiger partial charge on any atom is 0.211 e. The van der Waals surface area contributed by atoms with Gasteiger partial charge in [-0.2, -0.15) is 0 Å². The van der Waals surface area contributed by atoms with Crippen molar-refractivity contribution in [3.05, 3.63) is 0 Å². The maximum absolute atomic E-state index is 11.3. The van der Waals surface area contributed by atoms with Crippen LogP contribution in [-0.4, -0.2) is 32.1 Å². The topological polar surface area (TPSA) is 37.4 Å². The lowest BCUT2D eigenvalue weighted by atomic mass is 10.1. The number of rotatable bonds is 2. The van der Waals surface area contributed by atoms with Crippen molar-refractivity contribution in [2.24, 2.45) is 0 Å². The Balaban J connectivity index is 2.59. The quantitative estimate of drug-likeness (QED) is 0.642. The molecule has 0 N–H and O–H groups in total. The first-order valence-corrected chi connectivity index (χ1v) is 6.79. The molecule has 4 heteroatoms. The van der Waals surface area contributed by atoms with E-state index in [1.807, 2.05) is 0 Å². The van der Waals surface area contributed by atoms with Gasteiger partial charge in [0, 0.05) is 13.1 Å². The van der Waals surface area contributed by atoms with E-state index in [0.717, 1.165) is 12.8 Å². The molecule has 0 spiro atoms. The molecule has 0 amide bonds. The predicted octanol–water partition coefficient (Wildman–Crippen LogP) is 1.60. The highest BCUT2D eigenvalue weighted by Crippen LogP contribution is 2.22. The SMILES string of the molecule is CN(C1CCCCCC1)S(C)(=O)=O. The smallest absolute Gasteiger partial charge is 0.211 e. The van der Waals surface area contributed by atoms with Crippen LogP contribution in [0.25, 0.3) is 0 Å². The van der Waals surface area contributed by atoms with Crippen LogP contribution < -0.4 is 0 Å². The summed E-state index contributed by atoms with van der Waals surface area (Å²) in [6, 6.07) is 0.248. The van der Waals surface area contributed by atoms with Gasteiger partial charge in [0.05, 0.1) is 6.26 Å². The molecule has 3 nitrogen and oxygen atoms in total. The van der Waals surface area contributed by atoms with Crippen molar-refractivity contribution in [3.8, 4) is 0 Å². The Morgan fingerprint density at radius 2 is 1.54 bits per heavy atom. The van der Waals surface area contributed by atoms with Crippen molar-refractivity contribution in [2.45, 2.75) is 44.6 Å². The Labute approximate surface area is 81.2 Å². The number of hydrogen-bond acceptors (Lipinski definition) is 2. The molecule has 0 radical (unpaired) electrons. The zero-order valence-corrected chi connectivity index (χ0v) is 9.31. The fourth-order valence-electron chi connectivity index (χ4n) is 1.89. The minimum atomic E-state index is -2.99. The molecule has 1 aliphatic rings. The van der Waals surface area contributed by atoms with E-state index < -0.39 is 10.0 Å². The van der Waals surface area contributed by atoms with Crippen molar-refractivity contribution in [1.29, 1.82) is 0 Å². The third-order valence-corrected chi connectivity index (χ3v) is 4.21. The van der Waals surface area contributed by atoms with Gasteiger partial charge in [0.2, 0.25) is 10.0 Å². The Kier molecular flexibility index (Phi) is 3.74. The molecule has 0 aromatic heterocycles. The molecule has 1 saturated carbocycles. The van der Waals surface area contributed by atoms with Crippen LogP contribution in [0.2, 0.25) is 0 Å². The molecule has 0 unspecified atom stereocenters. The summed E-state index contributed by atoms with van der Waals surface area (Å²) in [5.41, 5.74) is 0. The Bertz CT molecular complexity index is 240. The van der Waals surface area contributed by atoms with E-state index in [0.29, 0.717) is 0 Å². The van der Waals surface area contributed by atoms with E-state index >= 15 is 0 Å². The molecule has 0 aliphatic heterocycles. The summed E-state index contributed by atoms with van der Waals surface area (Å²) in [6.07, 6.45) is 8.21. The highest BCUT2D eigenvalue weighted by atomic mass is 32.2. The van der Waals surface area contributed by atoms with Gasteiger partial charge in [-0.25, -0.2) is 12.7 Å². The van der Waals surface area contributed by atoms with Crippen molar-refractivity contribution in [1.82, 2.24) is 4.31 Å². The fourth-order valence-corrected chi connectivity index (χ4v) is 2.64. The highest BCUT2D eigenvalue weighted by Gasteiger charge is 2.22. The highest BCUT2D eigenvalue weighted by molar-refractivity contribution is 7.88. The molecule has 1 aliphatic carbocycles. The van der Waals surface area contributed by atoms with E-state index in [9.17, 15) is 8.42 Å². The standard InChI is InChI=1S/C9H19NO2S/c1-10(13(2,11)12)9-7-5-3-4-6-8-9/h9H,3-8H2,1-2H3. The van der Waals surface area contributed by atoms with Crippen LogP contribution in [0, 0.1) is 0 Å². The molecule has 0 aromatic rings. The minimum absolute atomic E-state index is 0.248. The van der Waals surface area contributed by atoms with Gasteiger partial charge in [-0.1, -0.05) is 25.7 Å². The van der Waals surface area contributed by atoms with Crippen molar-refractivity contribution >= 4 is 10.0 Å². The Hall–Kier alpha value is -0.0900. The molecular formula is C9H19NO2S. The second-order valence-electron chi connectivity index (χ2n) is 3.92. The number of hydrogen-bond donors (Lipinski definition) is 0. The number of nitrogens with zero attached hydrogens (tertiary/aromatic N) is 1. The van der Waals surface area contributed by atoms with Gasteiger partial charge in [0.1, 0.15) is 0 Å². The van der Waals surface area contributed by atoms with Crippen molar-refractivity contribution in [2.75, 3.05) is 13.3 Å². The molecule has 1 rings (SSSR count). The lowest BCUT2D eigenvalue weighted by Crippen LogP contribution is -2.35. The predicted molar refractivity (Wildman–Crippen MR) is 54.1 cm³/mol. The third-order valence-electron chi connectivity index (χ3n) is 2.86. The van der Waals surface area contributed by atoms with Gasteiger partial charge in [-0.15, -0.1) is 0 Å². The summed E-state index contributed by atoms with van der Waals surface area (Å²) in [6.45, 7) is 0. The Morgan fingerprint density at radius 1 is 1.08 bits per heavy atom. The van der Waals surface area contributed by atoms with E-state index in [-0.39, 0.29) is 6.04 Å². The van der Waals surface area contributed by atoms with Gasteiger partial charge in [-0.3, -0.25) is 0 Å². The summed E-state index contributed by atoms with van der Waals surface area (Å²) in [7, 11) is -1.29. The summed E-state index contributed by atoms with van der Waals surface area (Å²) in [5.74, 6) is 0. The van der Waals surface area contributed by atoms with Gasteiger partial charge in [0.15, 0.2) is 0 Å². The van der Waals surface area contributed by atoms with Crippen LogP contribution in [0.1, 0.15) is 38.5 Å². The molecule has 0 bridgehead atoms. The molecule has 0 heterocycles. The third kappa shape index (κ3) is 3.27. The number of sulfonamides is 1. The summed E-state index contributed by atoms with van der Waals surface area (Å²) < 4.78 is 24.1. The van der Waals surface area contributed by atoms with Crippen LogP contribution in [0.5, 0.6) is 0 Å². The van der Waals surface area contributed by atoms with E-state index in [1.165, 1.54) is 31.9 Å². The first kappa shape index (κ1) is 11.0. The minimum Gasteiger partial charge on any atom is -0.213 e. The van der Waals surface area contributed by atoms with Crippen LogP contribution in [0.15, 0.2) is 0 Å². The van der Waals surface area contributed by atoms with Crippen LogP contribution in [0.4, 0.5) is 0 Å². The van der Waals surface area contributed by atoms with Crippen LogP contribution >= 0.6 is 0 Å². The zero-order valence-electron chi connectivity index (χ0n) is 8.49. The molecule has 0 saturated heterocycles. The zero-order chi connectivity index (χ0) is 9.90. The van der Waals surface area contributed by atoms with E-state index in [1.54, 1.807) is 11.4 Å². The van der Waals surface area contributed by atoms with Crippen molar-refractivity contribution in [3.63, 3.8) is 0 Å². The lowest BCUT2D eigenvalue weighted by molar-refractivity contribution is 0.338. The van der Waals surface area contributed by atoms with Gasteiger partial charge in [0.25, 0.3) is 0 Å².